The van der Waals surface area contributed by atoms with Crippen molar-refractivity contribution in [3.63, 3.8) is 0 Å². The van der Waals surface area contributed by atoms with E-state index in [1.54, 1.807) is 18.2 Å². The lowest BCUT2D eigenvalue weighted by molar-refractivity contribution is -0.119. The van der Waals surface area contributed by atoms with Crippen LogP contribution in [0.25, 0.3) is 0 Å². The van der Waals surface area contributed by atoms with Crippen LogP contribution in [0, 0.1) is 17.2 Å². The van der Waals surface area contributed by atoms with Crippen LogP contribution in [-0.2, 0) is 4.79 Å². The van der Waals surface area contributed by atoms with Gasteiger partial charge < -0.3 is 19.7 Å². The number of piperidine rings is 1. The number of fused-ring (bicyclic) bond motifs is 1. The number of methoxy groups -OCH3 is 2. The van der Waals surface area contributed by atoms with Crippen molar-refractivity contribution >= 4 is 17.7 Å². The quantitative estimate of drug-likeness (QED) is 0.738. The van der Waals surface area contributed by atoms with E-state index in [0.29, 0.717) is 23.0 Å². The number of benzene rings is 1. The third-order valence-corrected chi connectivity index (χ3v) is 6.39. The first-order valence-corrected chi connectivity index (χ1v) is 10.9. The van der Waals surface area contributed by atoms with E-state index in [1.165, 1.54) is 14.2 Å². The van der Waals surface area contributed by atoms with E-state index >= 15 is 0 Å². The van der Waals surface area contributed by atoms with Gasteiger partial charge in [-0.15, -0.1) is 0 Å². The molecule has 3 atom stereocenters. The summed E-state index contributed by atoms with van der Waals surface area (Å²) in [6.07, 6.45) is 4.15. The normalized spacial score (nSPS) is 22.5. The Hall–Kier alpha value is -3.54. The number of H-pyrrole nitrogens is 1. The molecule has 0 radical (unpaired) electrons. The fourth-order valence-corrected chi connectivity index (χ4v) is 4.75. The van der Waals surface area contributed by atoms with Crippen LogP contribution in [0.5, 0.6) is 11.5 Å². The van der Waals surface area contributed by atoms with Crippen LogP contribution in [0.2, 0.25) is 0 Å². The molecule has 1 amide bonds. The van der Waals surface area contributed by atoms with E-state index in [0.717, 1.165) is 32.2 Å². The molecule has 3 heterocycles. The molecule has 168 valence electrons. The Labute approximate surface area is 186 Å². The van der Waals surface area contributed by atoms with Crippen LogP contribution < -0.4 is 25.2 Å². The molecule has 1 aromatic carbocycles. The molecule has 32 heavy (non-hydrogen) atoms. The van der Waals surface area contributed by atoms with Crippen molar-refractivity contribution in [2.24, 2.45) is 5.92 Å². The van der Waals surface area contributed by atoms with Gasteiger partial charge in [0.1, 0.15) is 11.7 Å². The van der Waals surface area contributed by atoms with Crippen LogP contribution in [0.4, 0.5) is 11.8 Å². The highest BCUT2D eigenvalue weighted by atomic mass is 16.5. The summed E-state index contributed by atoms with van der Waals surface area (Å²) in [6, 6.07) is 7.48. The van der Waals surface area contributed by atoms with Crippen molar-refractivity contribution < 1.29 is 14.3 Å². The molecule has 3 unspecified atom stereocenters. The number of nitriles is 1. The molecular formula is C23H27N5O4. The lowest BCUT2D eigenvalue weighted by atomic mass is 9.79. The minimum absolute atomic E-state index is 0.209. The van der Waals surface area contributed by atoms with Gasteiger partial charge in [-0.25, -0.2) is 0 Å². The molecule has 1 saturated heterocycles. The Kier molecular flexibility index (Phi) is 6.04. The number of carbonyl (C=O) groups excluding carboxylic acids is 1. The molecule has 2 aliphatic heterocycles. The van der Waals surface area contributed by atoms with Gasteiger partial charge in [0.15, 0.2) is 11.5 Å². The number of anilines is 2. The van der Waals surface area contributed by atoms with Gasteiger partial charge in [-0.3, -0.25) is 14.6 Å². The summed E-state index contributed by atoms with van der Waals surface area (Å²) in [5, 5.41) is 12.4. The van der Waals surface area contributed by atoms with E-state index in [9.17, 15) is 14.9 Å². The molecule has 9 nitrogen and oxygen atoms in total. The first-order valence-electron chi connectivity index (χ1n) is 10.9. The van der Waals surface area contributed by atoms with Crippen molar-refractivity contribution in [3.8, 4) is 17.6 Å². The predicted octanol–water partition coefficient (Wildman–Crippen LogP) is 2.78. The molecule has 2 aliphatic rings. The Morgan fingerprint density at radius 2 is 2.00 bits per heavy atom. The molecule has 0 spiro atoms. The fraction of sp³-hybridized carbons (Fsp3) is 0.478. The van der Waals surface area contributed by atoms with E-state index < -0.39 is 17.7 Å². The molecule has 2 N–H and O–H groups in total. The number of hydrogen-bond donors (Lipinski definition) is 2. The lowest BCUT2D eigenvalue weighted by Crippen LogP contribution is -2.43. The van der Waals surface area contributed by atoms with E-state index in [2.05, 4.69) is 33.2 Å². The van der Waals surface area contributed by atoms with Crippen molar-refractivity contribution in [3.05, 3.63) is 39.7 Å². The van der Waals surface area contributed by atoms with Crippen LogP contribution in [0.1, 0.15) is 49.7 Å². The molecule has 0 bridgehead atoms. The van der Waals surface area contributed by atoms with Gasteiger partial charge in [0.05, 0.1) is 25.9 Å². The number of nitrogens with zero attached hydrogens (tertiary/aromatic N) is 3. The van der Waals surface area contributed by atoms with E-state index in [1.807, 2.05) is 0 Å². The number of rotatable bonds is 5. The average Bonchev–Trinajstić information content (AvgIpc) is 2.82. The van der Waals surface area contributed by atoms with Crippen LogP contribution >= 0.6 is 0 Å². The predicted molar refractivity (Wildman–Crippen MR) is 119 cm³/mol. The van der Waals surface area contributed by atoms with Gasteiger partial charge in [0.25, 0.3) is 5.56 Å². The molecule has 1 aromatic heterocycles. The minimum Gasteiger partial charge on any atom is -0.493 e. The van der Waals surface area contributed by atoms with E-state index in [-0.39, 0.29) is 23.0 Å². The standard InChI is InChI=1S/C23H27N5O4/c1-4-14-7-5-6-10-28(14)23-26-20-19(22(30)27-23)18(15(12-24)21(29)25-20)13-8-9-16(31-2)17(11-13)32-3/h8-9,11,14-15,18H,4-7,10H2,1-3H3,(H2,25,26,27,29,30). The summed E-state index contributed by atoms with van der Waals surface area (Å²) in [5.41, 5.74) is 0.525. The zero-order chi connectivity index (χ0) is 22.8. The number of ether oxygens (including phenoxy) is 2. The smallest absolute Gasteiger partial charge is 0.258 e. The maximum absolute atomic E-state index is 13.3. The summed E-state index contributed by atoms with van der Waals surface area (Å²) in [6.45, 7) is 2.92. The van der Waals surface area contributed by atoms with Crippen molar-refractivity contribution in [1.82, 2.24) is 9.97 Å². The van der Waals surface area contributed by atoms with Crippen LogP contribution in [0.3, 0.4) is 0 Å². The Morgan fingerprint density at radius 3 is 2.69 bits per heavy atom. The Bertz CT molecular complexity index is 1120. The first kappa shape index (κ1) is 21.7. The summed E-state index contributed by atoms with van der Waals surface area (Å²) in [5.74, 6) is -0.695. The van der Waals surface area contributed by atoms with Crippen molar-refractivity contribution in [1.29, 1.82) is 5.26 Å². The van der Waals surface area contributed by atoms with Gasteiger partial charge in [0.2, 0.25) is 11.9 Å². The second-order valence-electron chi connectivity index (χ2n) is 8.09. The Balaban J connectivity index is 1.84. The summed E-state index contributed by atoms with van der Waals surface area (Å²) < 4.78 is 10.7. The maximum Gasteiger partial charge on any atom is 0.258 e. The largest absolute Gasteiger partial charge is 0.493 e. The molecule has 9 heteroatoms. The Morgan fingerprint density at radius 1 is 1.22 bits per heavy atom. The molecular weight excluding hydrogens is 410 g/mol. The SMILES string of the molecule is CCC1CCCCN1c1nc2c(c(=O)[nH]1)C(c1ccc(OC)c(OC)c1)C(C#N)C(=O)N2. The molecule has 2 aromatic rings. The molecule has 0 aliphatic carbocycles. The molecule has 4 rings (SSSR count). The molecule has 1 fully saturated rings. The molecule has 0 saturated carbocycles. The van der Waals surface area contributed by atoms with Crippen LogP contribution in [-0.4, -0.2) is 42.7 Å². The topological polar surface area (TPSA) is 120 Å². The second-order valence-corrected chi connectivity index (χ2v) is 8.09. The van der Waals surface area contributed by atoms with Gasteiger partial charge in [0, 0.05) is 18.5 Å². The van der Waals surface area contributed by atoms with Crippen molar-refractivity contribution in [2.75, 3.05) is 31.0 Å². The highest BCUT2D eigenvalue weighted by molar-refractivity contribution is 5.98. The number of hydrogen-bond acceptors (Lipinski definition) is 7. The van der Waals surface area contributed by atoms with E-state index in [4.69, 9.17) is 9.47 Å². The average molecular weight is 438 g/mol. The minimum atomic E-state index is -1.08. The first-order chi connectivity index (χ1) is 15.5. The summed E-state index contributed by atoms with van der Waals surface area (Å²) >= 11 is 0. The third-order valence-electron chi connectivity index (χ3n) is 6.39. The third kappa shape index (κ3) is 3.66. The number of nitrogens with one attached hydrogen (secondary N) is 2. The number of carbonyl (C=O) groups is 1. The number of aromatic amines is 1. The van der Waals surface area contributed by atoms with Gasteiger partial charge in [-0.1, -0.05) is 13.0 Å². The highest BCUT2D eigenvalue weighted by Gasteiger charge is 2.41. The number of aromatic nitrogens is 2. The summed E-state index contributed by atoms with van der Waals surface area (Å²) in [4.78, 5) is 35.8. The van der Waals surface area contributed by atoms with Gasteiger partial charge >= 0.3 is 0 Å². The zero-order valence-electron chi connectivity index (χ0n) is 18.5. The second kappa shape index (κ2) is 8.91. The lowest BCUT2D eigenvalue weighted by Gasteiger charge is -2.36. The van der Waals surface area contributed by atoms with Gasteiger partial charge in [-0.2, -0.15) is 10.2 Å². The van der Waals surface area contributed by atoms with Crippen molar-refractivity contribution in [2.45, 2.75) is 44.6 Å². The zero-order valence-corrected chi connectivity index (χ0v) is 18.5. The monoisotopic (exact) mass is 437 g/mol. The van der Waals surface area contributed by atoms with Crippen LogP contribution in [0.15, 0.2) is 23.0 Å². The highest BCUT2D eigenvalue weighted by Crippen LogP contribution is 2.41. The van der Waals surface area contributed by atoms with Gasteiger partial charge in [-0.05, 0) is 43.4 Å². The number of amides is 1. The summed E-state index contributed by atoms with van der Waals surface area (Å²) in [7, 11) is 3.04. The maximum atomic E-state index is 13.3. The fourth-order valence-electron chi connectivity index (χ4n) is 4.75.